The second-order valence-electron chi connectivity index (χ2n) is 18.8. The molecular weight excluding hydrogens is 689 g/mol. The maximum absolute atomic E-state index is 12.1. The number of aromatic hydroxyl groups is 1. The third-order valence-electron chi connectivity index (χ3n) is 11.0. The highest BCUT2D eigenvalue weighted by molar-refractivity contribution is 5.71. The molecule has 322 valence electrons. The molecule has 1 aromatic rings. The van der Waals surface area contributed by atoms with Gasteiger partial charge in [-0.2, -0.15) is 4.89 Å². The van der Waals surface area contributed by atoms with Gasteiger partial charge >= 0.3 is 11.9 Å². The van der Waals surface area contributed by atoms with Crippen LogP contribution in [0.2, 0.25) is 0 Å². The van der Waals surface area contributed by atoms with Crippen LogP contribution in [0, 0.1) is 11.8 Å². The van der Waals surface area contributed by atoms with Gasteiger partial charge in [-0.25, -0.2) is 4.79 Å². The van der Waals surface area contributed by atoms with Crippen LogP contribution in [0.3, 0.4) is 0 Å². The summed E-state index contributed by atoms with van der Waals surface area (Å²) in [5.41, 5.74) is 2.00. The molecule has 0 saturated carbocycles. The van der Waals surface area contributed by atoms with Gasteiger partial charge in [0.1, 0.15) is 11.4 Å². The molecule has 2 atom stereocenters. The molecule has 2 unspecified atom stereocenters. The van der Waals surface area contributed by atoms with Gasteiger partial charge in [0.05, 0.1) is 11.8 Å². The summed E-state index contributed by atoms with van der Waals surface area (Å²) in [6.45, 7) is 24.7. The van der Waals surface area contributed by atoms with E-state index in [0.717, 1.165) is 68.1 Å². The lowest BCUT2D eigenvalue weighted by Gasteiger charge is -2.28. The minimum Gasteiger partial charge on any atom is -0.507 e. The summed E-state index contributed by atoms with van der Waals surface area (Å²) in [4.78, 5) is 33.4. The fourth-order valence-electron chi connectivity index (χ4n) is 6.70. The van der Waals surface area contributed by atoms with Crippen molar-refractivity contribution in [3.05, 3.63) is 28.8 Å². The van der Waals surface area contributed by atoms with Crippen LogP contribution in [-0.2, 0) is 41.7 Å². The van der Waals surface area contributed by atoms with Gasteiger partial charge in [-0.1, -0.05) is 197 Å². The number of carboxylic acids is 1. The summed E-state index contributed by atoms with van der Waals surface area (Å²) >= 11 is 0. The first-order valence-electron chi connectivity index (χ1n) is 22.5. The summed E-state index contributed by atoms with van der Waals surface area (Å²) in [5, 5.41) is 25.5. The van der Waals surface area contributed by atoms with E-state index in [1.807, 2.05) is 39.8 Å². The Bertz CT molecular complexity index is 1110. The number of unbranched alkanes of at least 4 members (excludes halogenated alkanes) is 16. The summed E-state index contributed by atoms with van der Waals surface area (Å²) in [5.74, 6) is -1.14. The standard InChI is InChI=1S/C35H62O3.C13H26O4/c1-8-9-10-11-12-13-14-15-16-17-18-19-20-21-22-23-24-29(33(37)38)25-28-26-30(34(2,3)4)32(36)31(27-28)35(5,6)7;1-6-9-10-11(7-2)12(14)15-17-16-13(4,5)8-3/h26-27,29,36H,8-25H2,1-7H3,(H,37,38);11H,6-10H2,1-5H3. The molecule has 0 fully saturated rings. The number of hydrogen-bond acceptors (Lipinski definition) is 6. The van der Waals surface area contributed by atoms with Crippen LogP contribution in [0.1, 0.15) is 241 Å². The molecule has 0 aliphatic carbocycles. The van der Waals surface area contributed by atoms with E-state index in [-0.39, 0.29) is 28.6 Å². The predicted octanol–water partition coefficient (Wildman–Crippen LogP) is 14.7. The average molecular weight is 777 g/mol. The molecule has 0 amide bonds. The van der Waals surface area contributed by atoms with Gasteiger partial charge in [-0.05, 0) is 78.5 Å². The number of carbonyl (C=O) groups excluding carboxylic acids is 1. The quantitative estimate of drug-likeness (QED) is 0.0474. The van der Waals surface area contributed by atoms with Gasteiger partial charge in [-0.3, -0.25) is 9.68 Å². The molecule has 0 bridgehead atoms. The SMILES string of the molecule is CCCCC(CC)C(=O)OOOC(C)(C)CC.CCCCCCCCCCCCCCCCCCC(Cc1cc(C(C)(C)C)c(O)c(C(C)(C)C)c1)C(=O)O. The Labute approximate surface area is 339 Å². The molecule has 0 aliphatic heterocycles. The minimum absolute atomic E-state index is 0.0942. The zero-order valence-corrected chi connectivity index (χ0v) is 38.0. The van der Waals surface area contributed by atoms with Crippen molar-refractivity contribution in [2.24, 2.45) is 11.8 Å². The Morgan fingerprint density at radius 2 is 1.00 bits per heavy atom. The molecule has 7 nitrogen and oxygen atoms in total. The van der Waals surface area contributed by atoms with E-state index in [1.54, 1.807) is 0 Å². The van der Waals surface area contributed by atoms with Crippen LogP contribution >= 0.6 is 0 Å². The van der Waals surface area contributed by atoms with Crippen molar-refractivity contribution in [3.63, 3.8) is 0 Å². The monoisotopic (exact) mass is 777 g/mol. The van der Waals surface area contributed by atoms with E-state index in [9.17, 15) is 19.8 Å². The summed E-state index contributed by atoms with van der Waals surface area (Å²) in [6.07, 6.45) is 27.0. The molecule has 1 rings (SSSR count). The highest BCUT2D eigenvalue weighted by atomic mass is 17.5. The second-order valence-corrected chi connectivity index (χ2v) is 18.8. The fraction of sp³-hybridized carbons (Fsp3) is 0.833. The third kappa shape index (κ3) is 25.0. The maximum Gasteiger partial charge on any atom is 0.348 e. The van der Waals surface area contributed by atoms with Gasteiger partial charge in [-0.15, -0.1) is 0 Å². The number of carbonyl (C=O) groups is 2. The van der Waals surface area contributed by atoms with Crippen LogP contribution in [-0.4, -0.2) is 27.8 Å². The van der Waals surface area contributed by atoms with Crippen molar-refractivity contribution in [3.8, 4) is 5.75 Å². The van der Waals surface area contributed by atoms with Gasteiger partial charge in [0, 0.05) is 0 Å². The Kier molecular flexibility index (Phi) is 28.0. The highest BCUT2D eigenvalue weighted by Gasteiger charge is 2.28. The first kappa shape index (κ1) is 52.9. The van der Waals surface area contributed by atoms with Crippen molar-refractivity contribution < 1.29 is 34.6 Å². The lowest BCUT2D eigenvalue weighted by atomic mass is 9.77. The van der Waals surface area contributed by atoms with Gasteiger partial charge in [0.15, 0.2) is 0 Å². The highest BCUT2D eigenvalue weighted by Crippen LogP contribution is 2.40. The summed E-state index contributed by atoms with van der Waals surface area (Å²) in [7, 11) is 0. The Morgan fingerprint density at radius 3 is 1.36 bits per heavy atom. The number of hydrogen-bond donors (Lipinski definition) is 2. The molecule has 0 spiro atoms. The number of carboxylic acid groups (broad SMARTS) is 1. The topological polar surface area (TPSA) is 102 Å². The van der Waals surface area contributed by atoms with E-state index >= 15 is 0 Å². The average Bonchev–Trinajstić information content (AvgIpc) is 3.11. The molecular formula is C48H88O7. The summed E-state index contributed by atoms with van der Waals surface area (Å²) in [6, 6.07) is 4.07. The molecule has 0 saturated heterocycles. The lowest BCUT2D eigenvalue weighted by Crippen LogP contribution is -2.25. The number of benzene rings is 1. The zero-order valence-electron chi connectivity index (χ0n) is 38.0. The smallest absolute Gasteiger partial charge is 0.348 e. The Hall–Kier alpha value is -2.12. The first-order chi connectivity index (χ1) is 25.8. The summed E-state index contributed by atoms with van der Waals surface area (Å²) < 4.78 is 0. The normalized spacial score (nSPS) is 13.2. The molecule has 0 heterocycles. The van der Waals surface area contributed by atoms with Crippen molar-refractivity contribution in [2.45, 2.75) is 247 Å². The van der Waals surface area contributed by atoms with Crippen molar-refractivity contribution in [1.29, 1.82) is 0 Å². The van der Waals surface area contributed by atoms with Crippen LogP contribution in [0.4, 0.5) is 0 Å². The Morgan fingerprint density at radius 1 is 0.600 bits per heavy atom. The van der Waals surface area contributed by atoms with Crippen LogP contribution in [0.5, 0.6) is 5.75 Å². The van der Waals surface area contributed by atoms with E-state index in [4.69, 9.17) is 4.89 Å². The Balaban J connectivity index is 0.00000143. The van der Waals surface area contributed by atoms with Crippen LogP contribution in [0.15, 0.2) is 12.1 Å². The number of phenolic OH excluding ortho intramolecular Hbond substituents is 1. The molecule has 2 N–H and O–H groups in total. The molecule has 0 radical (unpaired) electrons. The predicted molar refractivity (Wildman–Crippen MR) is 230 cm³/mol. The first-order valence-corrected chi connectivity index (χ1v) is 22.5. The van der Waals surface area contributed by atoms with Crippen LogP contribution in [0.25, 0.3) is 0 Å². The molecule has 55 heavy (non-hydrogen) atoms. The molecule has 0 aliphatic rings. The number of phenols is 1. The van der Waals surface area contributed by atoms with Crippen LogP contribution < -0.4 is 0 Å². The van der Waals surface area contributed by atoms with Crippen molar-refractivity contribution >= 4 is 11.9 Å². The van der Waals surface area contributed by atoms with Gasteiger partial charge in [0.25, 0.3) is 0 Å². The lowest BCUT2D eigenvalue weighted by molar-refractivity contribution is -0.517. The van der Waals surface area contributed by atoms with Crippen molar-refractivity contribution in [2.75, 3.05) is 0 Å². The van der Waals surface area contributed by atoms with Gasteiger partial charge < -0.3 is 10.2 Å². The minimum atomic E-state index is -0.700. The van der Waals surface area contributed by atoms with E-state index in [0.29, 0.717) is 12.2 Å². The fourth-order valence-corrected chi connectivity index (χ4v) is 6.70. The third-order valence-corrected chi connectivity index (χ3v) is 11.0. The second kappa shape index (κ2) is 29.1. The van der Waals surface area contributed by atoms with Crippen molar-refractivity contribution in [1.82, 2.24) is 0 Å². The van der Waals surface area contributed by atoms with E-state index in [2.05, 4.69) is 65.3 Å². The molecule has 1 aromatic carbocycles. The number of rotatable bonds is 29. The largest absolute Gasteiger partial charge is 0.507 e. The zero-order chi connectivity index (χ0) is 41.9. The maximum atomic E-state index is 12.1. The number of aliphatic carboxylic acids is 1. The van der Waals surface area contributed by atoms with E-state index in [1.165, 1.54) is 89.9 Å². The van der Waals surface area contributed by atoms with E-state index < -0.39 is 11.6 Å². The molecule has 7 heteroatoms. The van der Waals surface area contributed by atoms with Gasteiger partial charge in [0.2, 0.25) is 0 Å². The molecule has 0 aromatic heterocycles.